The monoisotopic (exact) mass is 315 g/mol. The molecule has 2 amide bonds. The largest absolute Gasteiger partial charge is 0.469 e. The fourth-order valence-electron chi connectivity index (χ4n) is 1.95. The van der Waals surface area contributed by atoms with Gasteiger partial charge in [-0.15, -0.1) is 0 Å². The van der Waals surface area contributed by atoms with Gasteiger partial charge in [-0.3, -0.25) is 30.2 Å². The number of nitrogens with zero attached hydrogens (tertiary/aromatic N) is 1. The summed E-state index contributed by atoms with van der Waals surface area (Å²) in [7, 11) is 1.29. The van der Waals surface area contributed by atoms with Crippen molar-refractivity contribution in [3.8, 4) is 0 Å². The number of aromatic nitrogens is 1. The molecule has 23 heavy (non-hydrogen) atoms. The zero-order valence-corrected chi connectivity index (χ0v) is 12.7. The second-order valence-electron chi connectivity index (χ2n) is 4.85. The number of ether oxygens (including phenoxy) is 1. The van der Waals surface area contributed by atoms with Crippen molar-refractivity contribution in [2.24, 2.45) is 0 Å². The SMILES string of the molecule is COC(=O)CCCC(=O)NNC(=O)c1cnc2ccccc2c1. The number of pyridine rings is 1. The van der Waals surface area contributed by atoms with E-state index in [1.54, 1.807) is 6.07 Å². The minimum Gasteiger partial charge on any atom is -0.469 e. The van der Waals surface area contributed by atoms with E-state index in [0.717, 1.165) is 10.9 Å². The lowest BCUT2D eigenvalue weighted by molar-refractivity contribution is -0.140. The number of nitrogens with one attached hydrogen (secondary N) is 2. The first-order chi connectivity index (χ1) is 11.1. The summed E-state index contributed by atoms with van der Waals surface area (Å²) in [5, 5.41) is 0.838. The molecular weight excluding hydrogens is 298 g/mol. The van der Waals surface area contributed by atoms with Crippen molar-refractivity contribution >= 4 is 28.7 Å². The highest BCUT2D eigenvalue weighted by Gasteiger charge is 2.09. The van der Waals surface area contributed by atoms with Gasteiger partial charge in [-0.1, -0.05) is 18.2 Å². The Hall–Kier alpha value is -2.96. The summed E-state index contributed by atoms with van der Waals surface area (Å²) in [6.45, 7) is 0. The van der Waals surface area contributed by atoms with Crippen LogP contribution in [0.3, 0.4) is 0 Å². The number of hydrogen-bond donors (Lipinski definition) is 2. The molecule has 7 nitrogen and oxygen atoms in total. The second kappa shape index (κ2) is 7.88. The maximum atomic E-state index is 12.0. The van der Waals surface area contributed by atoms with Crippen LogP contribution in [0.1, 0.15) is 29.6 Å². The van der Waals surface area contributed by atoms with Crippen molar-refractivity contribution in [1.29, 1.82) is 0 Å². The molecule has 2 N–H and O–H groups in total. The van der Waals surface area contributed by atoms with Gasteiger partial charge in [0.2, 0.25) is 5.91 Å². The smallest absolute Gasteiger partial charge is 0.305 e. The first-order valence-electron chi connectivity index (χ1n) is 7.11. The molecule has 0 saturated heterocycles. The maximum absolute atomic E-state index is 12.0. The lowest BCUT2D eigenvalue weighted by Gasteiger charge is -2.07. The van der Waals surface area contributed by atoms with Gasteiger partial charge in [0.1, 0.15) is 0 Å². The molecule has 2 aromatic rings. The molecule has 0 fully saturated rings. The molecule has 0 aliphatic heterocycles. The van der Waals surface area contributed by atoms with Crippen LogP contribution in [0.4, 0.5) is 0 Å². The minimum absolute atomic E-state index is 0.116. The van der Waals surface area contributed by atoms with Crippen molar-refractivity contribution in [3.63, 3.8) is 0 Å². The van der Waals surface area contributed by atoms with Crippen molar-refractivity contribution in [2.45, 2.75) is 19.3 Å². The number of esters is 1. The van der Waals surface area contributed by atoms with E-state index < -0.39 is 5.91 Å². The summed E-state index contributed by atoms with van der Waals surface area (Å²) < 4.78 is 4.48. The van der Waals surface area contributed by atoms with E-state index in [-0.39, 0.29) is 24.7 Å². The third-order valence-electron chi connectivity index (χ3n) is 3.18. The van der Waals surface area contributed by atoms with Gasteiger partial charge >= 0.3 is 5.97 Å². The highest BCUT2D eigenvalue weighted by molar-refractivity contribution is 5.98. The predicted octanol–water partition coefficient (Wildman–Crippen LogP) is 1.34. The Kier molecular flexibility index (Phi) is 5.62. The predicted molar refractivity (Wildman–Crippen MR) is 83.2 cm³/mol. The van der Waals surface area contributed by atoms with Crippen LogP contribution >= 0.6 is 0 Å². The maximum Gasteiger partial charge on any atom is 0.305 e. The van der Waals surface area contributed by atoms with Crippen molar-refractivity contribution < 1.29 is 19.1 Å². The number of rotatable bonds is 5. The van der Waals surface area contributed by atoms with E-state index in [4.69, 9.17) is 0 Å². The van der Waals surface area contributed by atoms with E-state index in [1.807, 2.05) is 24.3 Å². The Morgan fingerprint density at radius 3 is 2.70 bits per heavy atom. The van der Waals surface area contributed by atoms with Gasteiger partial charge in [-0.25, -0.2) is 0 Å². The molecule has 1 aromatic carbocycles. The molecule has 0 unspecified atom stereocenters. The average Bonchev–Trinajstić information content (AvgIpc) is 2.59. The molecule has 120 valence electrons. The summed E-state index contributed by atoms with van der Waals surface area (Å²) in [5.41, 5.74) is 5.76. The van der Waals surface area contributed by atoms with E-state index in [9.17, 15) is 14.4 Å². The van der Waals surface area contributed by atoms with E-state index in [0.29, 0.717) is 12.0 Å². The first-order valence-corrected chi connectivity index (χ1v) is 7.11. The summed E-state index contributed by atoms with van der Waals surface area (Å²) in [6.07, 6.45) is 2.07. The third-order valence-corrected chi connectivity index (χ3v) is 3.18. The highest BCUT2D eigenvalue weighted by atomic mass is 16.5. The van der Waals surface area contributed by atoms with Crippen molar-refractivity contribution in [3.05, 3.63) is 42.1 Å². The number of methoxy groups -OCH3 is 1. The van der Waals surface area contributed by atoms with Gasteiger partial charge in [0.15, 0.2) is 0 Å². The summed E-state index contributed by atoms with van der Waals surface area (Å²) in [6, 6.07) is 9.12. The Morgan fingerprint density at radius 2 is 1.91 bits per heavy atom. The van der Waals surface area contributed by atoms with Crippen LogP contribution < -0.4 is 10.9 Å². The summed E-state index contributed by atoms with van der Waals surface area (Å²) in [5.74, 6) is -1.20. The molecule has 0 aliphatic carbocycles. The molecular formula is C16H17N3O4. The molecule has 0 bridgehead atoms. The van der Waals surface area contributed by atoms with Crippen LogP contribution in [0, 0.1) is 0 Å². The molecule has 0 radical (unpaired) electrons. The van der Waals surface area contributed by atoms with E-state index in [2.05, 4.69) is 20.6 Å². The quantitative estimate of drug-likeness (QED) is 0.641. The molecule has 0 spiro atoms. The zero-order chi connectivity index (χ0) is 16.7. The second-order valence-corrected chi connectivity index (χ2v) is 4.85. The van der Waals surface area contributed by atoms with Gasteiger partial charge in [0, 0.05) is 24.4 Å². The Morgan fingerprint density at radius 1 is 1.13 bits per heavy atom. The van der Waals surface area contributed by atoms with Crippen LogP contribution in [-0.2, 0) is 14.3 Å². The number of benzene rings is 1. The van der Waals surface area contributed by atoms with Gasteiger partial charge in [-0.05, 0) is 18.6 Å². The standard InChI is InChI=1S/C16H17N3O4/c1-23-15(21)8-4-7-14(20)18-19-16(22)12-9-11-5-2-3-6-13(11)17-10-12/h2-3,5-6,9-10H,4,7-8H2,1H3,(H,18,20)(H,19,22). The van der Waals surface area contributed by atoms with Crippen LogP contribution in [0.15, 0.2) is 36.5 Å². The van der Waals surface area contributed by atoms with Crippen LogP contribution in [0.5, 0.6) is 0 Å². The minimum atomic E-state index is -0.454. The lowest BCUT2D eigenvalue weighted by atomic mass is 10.1. The van der Waals surface area contributed by atoms with E-state index in [1.165, 1.54) is 13.3 Å². The number of hydrazine groups is 1. The topological polar surface area (TPSA) is 97.4 Å². The first kappa shape index (κ1) is 16.4. The number of hydrogen-bond acceptors (Lipinski definition) is 5. The van der Waals surface area contributed by atoms with Crippen LogP contribution in [0.2, 0.25) is 0 Å². The third kappa shape index (κ3) is 4.77. The molecule has 7 heteroatoms. The number of carbonyl (C=O) groups is 3. The molecule has 1 heterocycles. The van der Waals surface area contributed by atoms with Gasteiger partial charge in [-0.2, -0.15) is 0 Å². The molecule has 1 aromatic heterocycles. The zero-order valence-electron chi connectivity index (χ0n) is 12.7. The normalized spacial score (nSPS) is 10.1. The Bertz CT molecular complexity index is 730. The number of amides is 2. The number of para-hydroxylation sites is 1. The fraction of sp³-hybridized carbons (Fsp3) is 0.250. The lowest BCUT2D eigenvalue weighted by Crippen LogP contribution is -2.41. The average molecular weight is 315 g/mol. The molecule has 0 saturated carbocycles. The highest BCUT2D eigenvalue weighted by Crippen LogP contribution is 2.12. The van der Waals surface area contributed by atoms with Crippen LogP contribution in [-0.4, -0.2) is 29.9 Å². The van der Waals surface area contributed by atoms with Gasteiger partial charge in [0.25, 0.3) is 5.91 Å². The molecule has 0 aliphatic rings. The van der Waals surface area contributed by atoms with Gasteiger partial charge in [0.05, 0.1) is 18.2 Å². The number of carbonyl (C=O) groups excluding carboxylic acids is 3. The van der Waals surface area contributed by atoms with Crippen molar-refractivity contribution in [1.82, 2.24) is 15.8 Å². The Balaban J connectivity index is 1.83. The summed E-state index contributed by atoms with van der Waals surface area (Å²) in [4.78, 5) is 38.7. The molecule has 0 atom stereocenters. The van der Waals surface area contributed by atoms with Gasteiger partial charge < -0.3 is 4.74 Å². The summed E-state index contributed by atoms with van der Waals surface area (Å²) >= 11 is 0. The van der Waals surface area contributed by atoms with E-state index >= 15 is 0 Å². The van der Waals surface area contributed by atoms with Crippen molar-refractivity contribution in [2.75, 3.05) is 7.11 Å². The number of fused-ring (bicyclic) bond motifs is 1. The van der Waals surface area contributed by atoms with Crippen LogP contribution in [0.25, 0.3) is 10.9 Å². The Labute approximate surface area is 133 Å². The fourth-order valence-corrected chi connectivity index (χ4v) is 1.95. The molecule has 2 rings (SSSR count).